The number of nitrogen functional groups attached to an aromatic ring is 1. The zero-order chi connectivity index (χ0) is 15.0. The van der Waals surface area contributed by atoms with Gasteiger partial charge in [0.05, 0.1) is 5.56 Å². The first-order chi connectivity index (χ1) is 10.1. The van der Waals surface area contributed by atoms with Crippen LogP contribution in [0.2, 0.25) is 0 Å². The summed E-state index contributed by atoms with van der Waals surface area (Å²) in [4.78, 5) is 18.2. The Morgan fingerprint density at radius 3 is 2.86 bits per heavy atom. The lowest BCUT2D eigenvalue weighted by atomic mass is 9.98. The van der Waals surface area contributed by atoms with E-state index >= 15 is 0 Å². The van der Waals surface area contributed by atoms with Gasteiger partial charge in [-0.05, 0) is 48.2 Å². The summed E-state index contributed by atoms with van der Waals surface area (Å²) >= 11 is 0. The average molecular weight is 282 g/mol. The van der Waals surface area contributed by atoms with E-state index in [0.717, 1.165) is 24.2 Å². The summed E-state index contributed by atoms with van der Waals surface area (Å²) in [5, 5.41) is 0. The number of rotatable bonds is 2. The van der Waals surface area contributed by atoms with Gasteiger partial charge >= 0.3 is 0 Å². The van der Waals surface area contributed by atoms with Gasteiger partial charge in [0, 0.05) is 25.0 Å². The van der Waals surface area contributed by atoms with Crippen molar-refractivity contribution < 1.29 is 4.79 Å². The molecule has 0 atom stereocenters. The van der Waals surface area contributed by atoms with Crippen LogP contribution in [0.15, 0.2) is 30.5 Å². The monoisotopic (exact) mass is 282 g/mol. The molecule has 5 heteroatoms. The fourth-order valence-corrected chi connectivity index (χ4v) is 2.85. The molecule has 0 bridgehead atoms. The summed E-state index contributed by atoms with van der Waals surface area (Å²) in [6, 6.07) is 7.79. The Bertz CT molecular complexity index is 711. The summed E-state index contributed by atoms with van der Waals surface area (Å²) in [6.45, 7) is 3.38. The third-order valence-electron chi connectivity index (χ3n) is 3.93. The van der Waals surface area contributed by atoms with E-state index in [9.17, 15) is 4.79 Å². The molecule has 0 fully saturated rings. The van der Waals surface area contributed by atoms with Crippen LogP contribution in [0.25, 0.3) is 0 Å². The number of benzene rings is 1. The van der Waals surface area contributed by atoms with Gasteiger partial charge in [0.1, 0.15) is 5.82 Å². The first-order valence-corrected chi connectivity index (χ1v) is 6.94. The van der Waals surface area contributed by atoms with Crippen molar-refractivity contribution in [2.75, 3.05) is 17.2 Å². The summed E-state index contributed by atoms with van der Waals surface area (Å²) in [5.74, 6) is 0.226. The lowest BCUT2D eigenvalue weighted by Crippen LogP contribution is -2.33. The van der Waals surface area contributed by atoms with Gasteiger partial charge < -0.3 is 16.4 Å². The van der Waals surface area contributed by atoms with Gasteiger partial charge in [-0.15, -0.1) is 0 Å². The minimum atomic E-state index is -0.436. The molecule has 1 aliphatic heterocycles. The lowest BCUT2D eigenvalue weighted by Gasteiger charge is -2.31. The van der Waals surface area contributed by atoms with Gasteiger partial charge in [0.15, 0.2) is 0 Å². The number of primary amides is 1. The number of carbonyl (C=O) groups is 1. The van der Waals surface area contributed by atoms with E-state index < -0.39 is 5.91 Å². The number of aryl methyl sites for hydroxylation is 1. The zero-order valence-electron chi connectivity index (χ0n) is 12.0. The fraction of sp³-hybridized carbons (Fsp3) is 0.250. The van der Waals surface area contributed by atoms with Crippen LogP contribution in [0.1, 0.15) is 27.0 Å². The molecule has 2 aromatic rings. The minimum absolute atomic E-state index is 0.436. The number of amides is 1. The number of aromatic nitrogens is 1. The van der Waals surface area contributed by atoms with Crippen molar-refractivity contribution >= 4 is 17.4 Å². The van der Waals surface area contributed by atoms with E-state index in [1.54, 1.807) is 12.3 Å². The van der Waals surface area contributed by atoms with Crippen LogP contribution in [0.5, 0.6) is 0 Å². The molecule has 0 unspecified atom stereocenters. The number of carbonyl (C=O) groups excluding carboxylic acids is 1. The lowest BCUT2D eigenvalue weighted by molar-refractivity contribution is 0.1000. The highest BCUT2D eigenvalue weighted by Crippen LogP contribution is 2.27. The Morgan fingerprint density at radius 1 is 1.29 bits per heavy atom. The van der Waals surface area contributed by atoms with Crippen LogP contribution in [-0.4, -0.2) is 17.4 Å². The maximum atomic E-state index is 11.7. The summed E-state index contributed by atoms with van der Waals surface area (Å²) in [7, 11) is 0. The maximum Gasteiger partial charge on any atom is 0.252 e. The van der Waals surface area contributed by atoms with Gasteiger partial charge in [0.2, 0.25) is 0 Å². The van der Waals surface area contributed by atoms with Crippen LogP contribution in [0.4, 0.5) is 11.5 Å². The average Bonchev–Trinajstić information content (AvgIpc) is 2.45. The molecule has 0 aliphatic carbocycles. The standard InChI is InChI=1S/C16H18N4O/c1-10-4-6-19-16(14(10)15(18)21)20-7-5-11-2-3-13(17)8-12(11)9-20/h2-4,6,8H,5,7,9,17H2,1H3,(H2,18,21). The van der Waals surface area contributed by atoms with E-state index in [4.69, 9.17) is 11.5 Å². The SMILES string of the molecule is Cc1ccnc(N2CCc3ccc(N)cc3C2)c1C(N)=O. The van der Waals surface area contributed by atoms with Crippen molar-refractivity contribution in [2.24, 2.45) is 5.73 Å². The number of hydrogen-bond donors (Lipinski definition) is 2. The molecule has 21 heavy (non-hydrogen) atoms. The van der Waals surface area contributed by atoms with Crippen molar-refractivity contribution in [3.8, 4) is 0 Å². The molecule has 1 aromatic carbocycles. The van der Waals surface area contributed by atoms with Crippen LogP contribution in [-0.2, 0) is 13.0 Å². The molecule has 1 aliphatic rings. The Morgan fingerprint density at radius 2 is 2.10 bits per heavy atom. The molecular formula is C16H18N4O. The summed E-state index contributed by atoms with van der Waals surface area (Å²) in [6.07, 6.45) is 2.62. The predicted octanol–water partition coefficient (Wildman–Crippen LogP) is 1.63. The Labute approximate surface area is 123 Å². The molecule has 5 nitrogen and oxygen atoms in total. The van der Waals surface area contributed by atoms with Crippen molar-refractivity contribution in [3.63, 3.8) is 0 Å². The van der Waals surface area contributed by atoms with Gasteiger partial charge in [-0.3, -0.25) is 4.79 Å². The number of pyridine rings is 1. The number of anilines is 2. The highest BCUT2D eigenvalue weighted by Gasteiger charge is 2.22. The molecule has 0 spiro atoms. The Balaban J connectivity index is 2.00. The number of nitrogens with two attached hydrogens (primary N) is 2. The van der Waals surface area contributed by atoms with Gasteiger partial charge in [-0.1, -0.05) is 6.07 Å². The summed E-state index contributed by atoms with van der Waals surface area (Å²) < 4.78 is 0. The molecule has 1 aromatic heterocycles. The minimum Gasteiger partial charge on any atom is -0.399 e. The fourth-order valence-electron chi connectivity index (χ4n) is 2.85. The van der Waals surface area contributed by atoms with Crippen LogP contribution in [0.3, 0.4) is 0 Å². The van der Waals surface area contributed by atoms with E-state index in [1.165, 1.54) is 11.1 Å². The van der Waals surface area contributed by atoms with Crippen molar-refractivity contribution in [1.29, 1.82) is 0 Å². The topological polar surface area (TPSA) is 85.2 Å². The van der Waals surface area contributed by atoms with Crippen LogP contribution >= 0.6 is 0 Å². The van der Waals surface area contributed by atoms with Crippen LogP contribution in [0, 0.1) is 6.92 Å². The molecule has 0 saturated carbocycles. The molecule has 1 amide bonds. The highest BCUT2D eigenvalue weighted by molar-refractivity contribution is 5.99. The molecule has 3 rings (SSSR count). The normalized spacial score (nSPS) is 13.9. The molecular weight excluding hydrogens is 264 g/mol. The molecule has 108 valence electrons. The second-order valence-corrected chi connectivity index (χ2v) is 5.39. The largest absolute Gasteiger partial charge is 0.399 e. The quantitative estimate of drug-likeness (QED) is 0.820. The zero-order valence-corrected chi connectivity index (χ0v) is 12.0. The molecule has 0 radical (unpaired) electrons. The third-order valence-corrected chi connectivity index (χ3v) is 3.93. The number of fused-ring (bicyclic) bond motifs is 1. The second kappa shape index (κ2) is 5.09. The third kappa shape index (κ3) is 2.42. The predicted molar refractivity (Wildman–Crippen MR) is 83.1 cm³/mol. The van der Waals surface area contributed by atoms with E-state index in [2.05, 4.69) is 16.0 Å². The van der Waals surface area contributed by atoms with Gasteiger partial charge in [0.25, 0.3) is 5.91 Å². The van der Waals surface area contributed by atoms with E-state index in [-0.39, 0.29) is 0 Å². The van der Waals surface area contributed by atoms with Crippen molar-refractivity contribution in [3.05, 3.63) is 52.7 Å². The molecule has 2 heterocycles. The van der Waals surface area contributed by atoms with Crippen molar-refractivity contribution in [1.82, 2.24) is 4.98 Å². The van der Waals surface area contributed by atoms with Gasteiger partial charge in [-0.2, -0.15) is 0 Å². The first kappa shape index (κ1) is 13.4. The van der Waals surface area contributed by atoms with Crippen LogP contribution < -0.4 is 16.4 Å². The second-order valence-electron chi connectivity index (χ2n) is 5.39. The van der Waals surface area contributed by atoms with Crippen molar-refractivity contribution in [2.45, 2.75) is 19.9 Å². The number of nitrogens with zero attached hydrogens (tertiary/aromatic N) is 2. The van der Waals surface area contributed by atoms with Gasteiger partial charge in [-0.25, -0.2) is 4.98 Å². The van der Waals surface area contributed by atoms with E-state index in [1.807, 2.05) is 19.1 Å². The number of hydrogen-bond acceptors (Lipinski definition) is 4. The molecule has 4 N–H and O–H groups in total. The molecule has 0 saturated heterocycles. The highest BCUT2D eigenvalue weighted by atomic mass is 16.1. The maximum absolute atomic E-state index is 11.7. The summed E-state index contributed by atoms with van der Waals surface area (Å²) in [5.41, 5.74) is 16.0. The first-order valence-electron chi connectivity index (χ1n) is 6.94. The Hall–Kier alpha value is -2.56. The van der Waals surface area contributed by atoms with E-state index in [0.29, 0.717) is 17.9 Å². The Kier molecular flexibility index (Phi) is 3.25. The smallest absolute Gasteiger partial charge is 0.252 e.